The van der Waals surface area contributed by atoms with E-state index in [4.69, 9.17) is 14.3 Å². The molecule has 22 heavy (non-hydrogen) atoms. The van der Waals surface area contributed by atoms with Gasteiger partial charge in [0.25, 0.3) is 0 Å². The predicted molar refractivity (Wildman–Crippen MR) is 86.8 cm³/mol. The molecule has 0 spiro atoms. The van der Waals surface area contributed by atoms with E-state index < -0.39 is 23.9 Å². The second kappa shape index (κ2) is 10.4. The summed E-state index contributed by atoms with van der Waals surface area (Å²) in [5.41, 5.74) is -0.565. The van der Waals surface area contributed by atoms with Crippen LogP contribution in [0.2, 0.25) is 0 Å². The van der Waals surface area contributed by atoms with Gasteiger partial charge < -0.3 is 14.8 Å². The monoisotopic (exact) mass is 380 g/mol. The fraction of sp³-hybridized carbons (Fsp3) is 0.714. The molecule has 2 amide bonds. The fourth-order valence-corrected chi connectivity index (χ4v) is 1.58. The minimum absolute atomic E-state index is 0.103. The van der Waals surface area contributed by atoms with E-state index in [1.54, 1.807) is 27.7 Å². The van der Waals surface area contributed by atoms with Crippen LogP contribution in [0.1, 0.15) is 27.7 Å². The van der Waals surface area contributed by atoms with Crippen molar-refractivity contribution in [2.45, 2.75) is 39.4 Å². The number of nitrogens with zero attached hydrogens (tertiary/aromatic N) is 1. The quantitative estimate of drug-likeness (QED) is 0.398. The van der Waals surface area contributed by atoms with Crippen LogP contribution in [0, 0.1) is 0 Å². The van der Waals surface area contributed by atoms with Gasteiger partial charge in [0, 0.05) is 11.9 Å². The molecule has 1 atom stereocenters. The van der Waals surface area contributed by atoms with E-state index in [9.17, 15) is 9.59 Å². The molecule has 0 aliphatic carbocycles. The molecule has 8 heteroatoms. The summed E-state index contributed by atoms with van der Waals surface area (Å²) in [4.78, 5) is 28.7. The summed E-state index contributed by atoms with van der Waals surface area (Å²) in [5.74, 6) is 0. The molecule has 0 radical (unpaired) electrons. The van der Waals surface area contributed by atoms with E-state index in [1.165, 1.54) is 6.08 Å². The van der Waals surface area contributed by atoms with Gasteiger partial charge >= 0.3 is 12.2 Å². The standard InChI is InChI=1S/C14H25BrN2O5/c1-6-9-20-13(19)17(8-7-15)22-11(2)10-16-12(18)21-14(3,4)5/h6,11H,1,7-10H2,2-5H3,(H,16,18)/t11-/m0/s1. The Bertz CT molecular complexity index is 371. The number of ether oxygens (including phenoxy) is 2. The molecule has 0 bridgehead atoms. The summed E-state index contributed by atoms with van der Waals surface area (Å²) in [6.45, 7) is 11.1. The number of alkyl carbamates (subject to hydrolysis) is 1. The number of rotatable bonds is 8. The molecule has 0 heterocycles. The van der Waals surface area contributed by atoms with Crippen molar-refractivity contribution in [2.75, 3.05) is 25.0 Å². The maximum atomic E-state index is 11.8. The Morgan fingerprint density at radius 2 is 2.05 bits per heavy atom. The van der Waals surface area contributed by atoms with E-state index in [-0.39, 0.29) is 13.2 Å². The minimum Gasteiger partial charge on any atom is -0.444 e. The van der Waals surface area contributed by atoms with Gasteiger partial charge in [-0.1, -0.05) is 28.6 Å². The smallest absolute Gasteiger partial charge is 0.434 e. The van der Waals surface area contributed by atoms with Crippen LogP contribution in [0.25, 0.3) is 0 Å². The first-order valence-electron chi connectivity index (χ1n) is 6.94. The average Bonchev–Trinajstić information content (AvgIpc) is 2.40. The van der Waals surface area contributed by atoms with Crippen molar-refractivity contribution >= 4 is 28.1 Å². The van der Waals surface area contributed by atoms with Crippen molar-refractivity contribution in [3.8, 4) is 0 Å². The van der Waals surface area contributed by atoms with Crippen LogP contribution in [0.3, 0.4) is 0 Å². The maximum Gasteiger partial charge on any atom is 0.434 e. The lowest BCUT2D eigenvalue weighted by molar-refractivity contribution is -0.163. The van der Waals surface area contributed by atoms with Crippen molar-refractivity contribution in [3.63, 3.8) is 0 Å². The molecule has 0 aromatic heterocycles. The predicted octanol–water partition coefficient (Wildman–Crippen LogP) is 2.85. The van der Waals surface area contributed by atoms with Gasteiger partial charge in [-0.3, -0.25) is 4.84 Å². The number of nitrogens with one attached hydrogen (secondary N) is 1. The highest BCUT2D eigenvalue weighted by atomic mass is 79.9. The first-order valence-corrected chi connectivity index (χ1v) is 8.06. The number of carbonyl (C=O) groups is 2. The van der Waals surface area contributed by atoms with Gasteiger partial charge in [-0.05, 0) is 27.7 Å². The number of hydrogen-bond donors (Lipinski definition) is 1. The number of amides is 2. The fourth-order valence-electron chi connectivity index (χ4n) is 1.26. The molecule has 0 aliphatic rings. The van der Waals surface area contributed by atoms with Gasteiger partial charge in [0.05, 0.1) is 6.54 Å². The lowest BCUT2D eigenvalue weighted by atomic mass is 10.2. The van der Waals surface area contributed by atoms with E-state index >= 15 is 0 Å². The first-order chi connectivity index (χ1) is 10.2. The van der Waals surface area contributed by atoms with E-state index in [1.807, 2.05) is 0 Å². The van der Waals surface area contributed by atoms with Crippen LogP contribution in [0.15, 0.2) is 12.7 Å². The van der Waals surface area contributed by atoms with Crippen LogP contribution in [-0.4, -0.2) is 54.0 Å². The van der Waals surface area contributed by atoms with Crippen molar-refractivity contribution in [1.82, 2.24) is 10.4 Å². The van der Waals surface area contributed by atoms with E-state index in [0.29, 0.717) is 11.9 Å². The zero-order valence-corrected chi connectivity index (χ0v) is 15.1. The molecule has 0 aromatic rings. The molecule has 0 rings (SSSR count). The lowest BCUT2D eigenvalue weighted by Gasteiger charge is -2.25. The van der Waals surface area contributed by atoms with Crippen LogP contribution in [-0.2, 0) is 14.3 Å². The highest BCUT2D eigenvalue weighted by Gasteiger charge is 2.20. The second-order valence-electron chi connectivity index (χ2n) is 5.46. The zero-order valence-electron chi connectivity index (χ0n) is 13.6. The van der Waals surface area contributed by atoms with Crippen molar-refractivity contribution < 1.29 is 23.9 Å². The van der Waals surface area contributed by atoms with Gasteiger partial charge in [0.1, 0.15) is 18.3 Å². The van der Waals surface area contributed by atoms with Gasteiger partial charge in [0.15, 0.2) is 0 Å². The number of halogens is 1. The van der Waals surface area contributed by atoms with Crippen LogP contribution in [0.5, 0.6) is 0 Å². The third-order valence-electron chi connectivity index (χ3n) is 2.06. The Hall–Kier alpha value is -1.28. The topological polar surface area (TPSA) is 77.1 Å². The van der Waals surface area contributed by atoms with Gasteiger partial charge in [0.2, 0.25) is 0 Å². The number of carbonyl (C=O) groups excluding carboxylic acids is 2. The summed E-state index contributed by atoms with van der Waals surface area (Å²) in [6, 6.07) is 0. The van der Waals surface area contributed by atoms with Crippen molar-refractivity contribution in [1.29, 1.82) is 0 Å². The van der Waals surface area contributed by atoms with E-state index in [2.05, 4.69) is 27.8 Å². The molecule has 128 valence electrons. The summed E-state index contributed by atoms with van der Waals surface area (Å²) in [6.07, 6.45) is -0.104. The Morgan fingerprint density at radius 1 is 1.41 bits per heavy atom. The molecular weight excluding hydrogens is 356 g/mol. The molecule has 0 saturated carbocycles. The molecule has 7 nitrogen and oxygen atoms in total. The molecular formula is C14H25BrN2O5. The Balaban J connectivity index is 4.27. The summed E-state index contributed by atoms with van der Waals surface area (Å²) < 4.78 is 10.0. The van der Waals surface area contributed by atoms with Crippen molar-refractivity contribution in [2.24, 2.45) is 0 Å². The van der Waals surface area contributed by atoms with Gasteiger partial charge in [-0.15, -0.1) is 0 Å². The maximum absolute atomic E-state index is 11.8. The molecule has 1 N–H and O–H groups in total. The largest absolute Gasteiger partial charge is 0.444 e. The zero-order chi connectivity index (χ0) is 17.2. The SMILES string of the molecule is C=CCOC(=O)N(CCBr)O[C@@H](C)CNC(=O)OC(C)(C)C. The summed E-state index contributed by atoms with van der Waals surface area (Å²) in [5, 5.41) is 4.20. The Labute approximate surface area is 140 Å². The van der Waals surface area contributed by atoms with Crippen molar-refractivity contribution in [3.05, 3.63) is 12.7 Å². The Kier molecular flexibility index (Phi) is 9.84. The second-order valence-corrected chi connectivity index (χ2v) is 6.25. The van der Waals surface area contributed by atoms with Gasteiger partial charge in [-0.2, -0.15) is 5.06 Å². The molecule has 0 saturated heterocycles. The molecule has 0 aromatic carbocycles. The lowest BCUT2D eigenvalue weighted by Crippen LogP contribution is -2.42. The third kappa shape index (κ3) is 10.4. The molecule has 0 aliphatic heterocycles. The highest BCUT2D eigenvalue weighted by Crippen LogP contribution is 2.07. The summed E-state index contributed by atoms with van der Waals surface area (Å²) in [7, 11) is 0. The molecule has 0 unspecified atom stereocenters. The molecule has 0 fully saturated rings. The normalized spacial score (nSPS) is 12.2. The number of hydrogen-bond acceptors (Lipinski definition) is 5. The average molecular weight is 381 g/mol. The highest BCUT2D eigenvalue weighted by molar-refractivity contribution is 9.09. The minimum atomic E-state index is -0.608. The van der Waals surface area contributed by atoms with Crippen LogP contribution < -0.4 is 5.32 Å². The number of alkyl halides is 1. The van der Waals surface area contributed by atoms with E-state index in [0.717, 1.165) is 5.06 Å². The van der Waals surface area contributed by atoms with Crippen LogP contribution in [0.4, 0.5) is 9.59 Å². The first kappa shape index (κ1) is 20.7. The Morgan fingerprint density at radius 3 is 2.55 bits per heavy atom. The van der Waals surface area contributed by atoms with Crippen LogP contribution >= 0.6 is 15.9 Å². The summed E-state index contributed by atoms with van der Waals surface area (Å²) >= 11 is 3.23. The van der Waals surface area contributed by atoms with Gasteiger partial charge in [-0.25, -0.2) is 9.59 Å². The third-order valence-corrected chi connectivity index (χ3v) is 2.41. The number of hydroxylamine groups is 2.